The quantitative estimate of drug-likeness (QED) is 0.343. The van der Waals surface area contributed by atoms with E-state index in [1.807, 2.05) is 31.2 Å². The Morgan fingerprint density at radius 1 is 1.17 bits per heavy atom. The Hall–Kier alpha value is -3.88. The molecule has 0 aliphatic heterocycles. The van der Waals surface area contributed by atoms with Crippen molar-refractivity contribution in [2.75, 3.05) is 14.2 Å². The van der Waals surface area contributed by atoms with Crippen molar-refractivity contribution in [1.29, 1.82) is 0 Å². The standard InChI is InChI=1S/C26H30N4O5/c1-25(2)16(22-28-17-8-6-7-9-18(17)29-22)12-13-26(25,3)24(33)30-27-14-15-10-11-19(34-4)21(35-5)20(15)23(31)32/h6-11,14,16H,12-13H2,1-5H3,(H,28,29)(H,30,33)(H,31,32)/b27-14-/t16-,26-/m1/s1. The molecule has 1 aliphatic rings. The molecule has 1 fully saturated rings. The van der Waals surface area contributed by atoms with Gasteiger partial charge in [0.1, 0.15) is 11.4 Å². The van der Waals surface area contributed by atoms with Gasteiger partial charge in [0.25, 0.3) is 0 Å². The molecule has 1 heterocycles. The number of rotatable bonds is 7. The van der Waals surface area contributed by atoms with Gasteiger partial charge in [-0.05, 0) is 42.5 Å². The molecule has 0 bridgehead atoms. The Morgan fingerprint density at radius 3 is 2.57 bits per heavy atom. The lowest BCUT2D eigenvalue weighted by Crippen LogP contribution is -2.45. The predicted octanol–water partition coefficient (Wildman–Crippen LogP) is 4.34. The number of carboxylic acid groups (broad SMARTS) is 1. The van der Waals surface area contributed by atoms with E-state index in [1.54, 1.807) is 12.1 Å². The van der Waals surface area contributed by atoms with Crippen molar-refractivity contribution < 1.29 is 24.2 Å². The molecule has 1 aromatic heterocycles. The first-order valence-corrected chi connectivity index (χ1v) is 11.4. The predicted molar refractivity (Wildman–Crippen MR) is 132 cm³/mol. The molecule has 0 spiro atoms. The van der Waals surface area contributed by atoms with E-state index in [-0.39, 0.29) is 28.7 Å². The third-order valence-electron chi connectivity index (χ3n) is 7.63. The van der Waals surface area contributed by atoms with E-state index in [4.69, 9.17) is 14.5 Å². The number of nitrogens with zero attached hydrogens (tertiary/aromatic N) is 2. The second-order valence-electron chi connectivity index (χ2n) is 9.55. The lowest BCUT2D eigenvalue weighted by molar-refractivity contribution is -0.135. The van der Waals surface area contributed by atoms with Gasteiger partial charge < -0.3 is 19.6 Å². The van der Waals surface area contributed by atoms with E-state index in [1.165, 1.54) is 20.4 Å². The highest BCUT2D eigenvalue weighted by Crippen LogP contribution is 2.59. The van der Waals surface area contributed by atoms with E-state index in [0.717, 1.165) is 23.3 Å². The second-order valence-corrected chi connectivity index (χ2v) is 9.55. The zero-order valence-corrected chi connectivity index (χ0v) is 20.5. The van der Waals surface area contributed by atoms with Crippen LogP contribution < -0.4 is 14.9 Å². The molecule has 9 heteroatoms. The first-order chi connectivity index (χ1) is 16.6. The summed E-state index contributed by atoms with van der Waals surface area (Å²) in [5.74, 6) is -0.0803. The van der Waals surface area contributed by atoms with Crippen LogP contribution in [0.2, 0.25) is 0 Å². The molecule has 3 aromatic rings. The second kappa shape index (κ2) is 9.05. The van der Waals surface area contributed by atoms with E-state index in [0.29, 0.717) is 12.2 Å². The molecule has 35 heavy (non-hydrogen) atoms. The van der Waals surface area contributed by atoms with E-state index >= 15 is 0 Å². The number of para-hydroxylation sites is 2. The van der Waals surface area contributed by atoms with Crippen molar-refractivity contribution in [3.63, 3.8) is 0 Å². The molecule has 4 rings (SSSR count). The van der Waals surface area contributed by atoms with Gasteiger partial charge in [0.2, 0.25) is 5.91 Å². The lowest BCUT2D eigenvalue weighted by Gasteiger charge is -2.39. The van der Waals surface area contributed by atoms with Crippen LogP contribution in [0.3, 0.4) is 0 Å². The number of benzene rings is 2. The first-order valence-electron chi connectivity index (χ1n) is 11.4. The van der Waals surface area contributed by atoms with Crippen molar-refractivity contribution in [3.05, 3.63) is 53.3 Å². The third kappa shape index (κ3) is 4.00. The van der Waals surface area contributed by atoms with Crippen molar-refractivity contribution in [1.82, 2.24) is 15.4 Å². The number of imidazole rings is 1. The van der Waals surface area contributed by atoms with Crippen molar-refractivity contribution in [2.45, 2.75) is 39.5 Å². The summed E-state index contributed by atoms with van der Waals surface area (Å²) in [5, 5.41) is 13.8. The molecule has 2 aromatic carbocycles. The largest absolute Gasteiger partial charge is 0.493 e. The highest BCUT2D eigenvalue weighted by molar-refractivity contribution is 6.02. The number of carbonyl (C=O) groups excluding carboxylic acids is 1. The molecule has 1 saturated carbocycles. The SMILES string of the molecule is COc1ccc(/C=N\NC(=O)[C@@]2(C)CC[C@H](c3nc4ccccc4[nH]3)C2(C)C)c(C(=O)O)c1OC. The number of aromatic carboxylic acids is 1. The molecule has 3 N–H and O–H groups in total. The topological polar surface area (TPSA) is 126 Å². The number of carbonyl (C=O) groups is 2. The molecule has 184 valence electrons. The molecule has 1 amide bonds. The van der Waals surface area contributed by atoms with Crippen LogP contribution in [0.5, 0.6) is 11.5 Å². The summed E-state index contributed by atoms with van der Waals surface area (Å²) in [4.78, 5) is 33.4. The maximum Gasteiger partial charge on any atom is 0.340 e. The van der Waals surface area contributed by atoms with E-state index in [2.05, 4.69) is 29.4 Å². The summed E-state index contributed by atoms with van der Waals surface area (Å²) in [7, 11) is 2.80. The Balaban J connectivity index is 1.56. The number of aromatic nitrogens is 2. The Morgan fingerprint density at radius 2 is 1.91 bits per heavy atom. The first kappa shape index (κ1) is 24.3. The van der Waals surface area contributed by atoms with Crippen LogP contribution in [0.25, 0.3) is 11.0 Å². The number of hydrazone groups is 1. The molecule has 0 radical (unpaired) electrons. The number of hydrogen-bond acceptors (Lipinski definition) is 6. The van der Waals surface area contributed by atoms with Gasteiger partial charge in [-0.25, -0.2) is 15.2 Å². The maximum absolute atomic E-state index is 13.3. The Labute approximate surface area is 203 Å². The molecule has 1 aliphatic carbocycles. The number of methoxy groups -OCH3 is 2. The summed E-state index contributed by atoms with van der Waals surface area (Å²) in [6.07, 6.45) is 2.78. The van der Waals surface area contributed by atoms with Crippen molar-refractivity contribution in [3.8, 4) is 11.5 Å². The van der Waals surface area contributed by atoms with Crippen LogP contribution in [0, 0.1) is 10.8 Å². The third-order valence-corrected chi connectivity index (χ3v) is 7.63. The van der Waals surface area contributed by atoms with Gasteiger partial charge in [0, 0.05) is 11.5 Å². The van der Waals surface area contributed by atoms with E-state index < -0.39 is 16.8 Å². The summed E-state index contributed by atoms with van der Waals surface area (Å²) in [6.45, 7) is 6.11. The van der Waals surface area contributed by atoms with Gasteiger partial charge in [-0.2, -0.15) is 5.10 Å². The van der Waals surface area contributed by atoms with Crippen LogP contribution >= 0.6 is 0 Å². The van der Waals surface area contributed by atoms with Crippen LogP contribution in [-0.4, -0.2) is 47.4 Å². The summed E-state index contributed by atoms with van der Waals surface area (Å²) in [5.41, 5.74) is 3.59. The van der Waals surface area contributed by atoms with Gasteiger partial charge in [-0.3, -0.25) is 4.79 Å². The molecular formula is C26H30N4O5. The number of ether oxygens (including phenoxy) is 2. The van der Waals surface area contributed by atoms with Gasteiger partial charge in [0.15, 0.2) is 11.5 Å². The Bertz CT molecular complexity index is 1280. The molecule has 0 unspecified atom stereocenters. The number of hydrogen-bond donors (Lipinski definition) is 3. The van der Waals surface area contributed by atoms with Crippen molar-refractivity contribution >= 4 is 29.1 Å². The zero-order chi connectivity index (χ0) is 25.4. The number of H-pyrrole nitrogens is 1. The minimum atomic E-state index is -1.19. The minimum Gasteiger partial charge on any atom is -0.493 e. The number of aromatic amines is 1. The highest BCUT2D eigenvalue weighted by Gasteiger charge is 2.57. The van der Waals surface area contributed by atoms with Gasteiger partial charge in [0.05, 0.1) is 36.9 Å². The van der Waals surface area contributed by atoms with Crippen LogP contribution in [-0.2, 0) is 4.79 Å². The van der Waals surface area contributed by atoms with Crippen LogP contribution in [0.4, 0.5) is 0 Å². The molecule has 0 saturated heterocycles. The molecular weight excluding hydrogens is 448 g/mol. The number of carboxylic acids is 1. The van der Waals surface area contributed by atoms with Gasteiger partial charge >= 0.3 is 5.97 Å². The van der Waals surface area contributed by atoms with E-state index in [9.17, 15) is 14.7 Å². The van der Waals surface area contributed by atoms with Crippen LogP contribution in [0.15, 0.2) is 41.5 Å². The average Bonchev–Trinajstić information content (AvgIpc) is 3.36. The maximum atomic E-state index is 13.3. The zero-order valence-electron chi connectivity index (χ0n) is 20.5. The molecule has 2 atom stereocenters. The summed E-state index contributed by atoms with van der Waals surface area (Å²) >= 11 is 0. The molecule has 9 nitrogen and oxygen atoms in total. The Kier molecular flexibility index (Phi) is 6.27. The monoisotopic (exact) mass is 478 g/mol. The van der Waals surface area contributed by atoms with Crippen molar-refractivity contribution in [2.24, 2.45) is 15.9 Å². The highest BCUT2D eigenvalue weighted by atomic mass is 16.5. The fraction of sp³-hybridized carbons (Fsp3) is 0.385. The number of nitrogens with one attached hydrogen (secondary N) is 2. The fourth-order valence-corrected chi connectivity index (χ4v) is 5.08. The summed E-state index contributed by atoms with van der Waals surface area (Å²) in [6, 6.07) is 11.0. The summed E-state index contributed by atoms with van der Waals surface area (Å²) < 4.78 is 10.4. The van der Waals surface area contributed by atoms with Crippen LogP contribution in [0.1, 0.15) is 61.3 Å². The fourth-order valence-electron chi connectivity index (χ4n) is 5.08. The van der Waals surface area contributed by atoms with Gasteiger partial charge in [-0.1, -0.05) is 32.9 Å². The minimum absolute atomic E-state index is 0.0686. The smallest absolute Gasteiger partial charge is 0.340 e. The van der Waals surface area contributed by atoms with Gasteiger partial charge in [-0.15, -0.1) is 0 Å². The lowest BCUT2D eigenvalue weighted by atomic mass is 9.65. The normalized spacial score (nSPS) is 21.3. The number of amides is 1. The number of fused-ring (bicyclic) bond motifs is 1. The average molecular weight is 479 g/mol.